The van der Waals surface area contributed by atoms with Gasteiger partial charge in [0.15, 0.2) is 3.95 Å². The van der Waals surface area contributed by atoms with Gasteiger partial charge in [-0.05, 0) is 44.3 Å². The first kappa shape index (κ1) is 12.3. The molecule has 0 saturated carbocycles. The molecule has 0 bridgehead atoms. The van der Waals surface area contributed by atoms with Crippen LogP contribution in [-0.4, -0.2) is 15.8 Å². The maximum absolute atomic E-state index is 9.78. The second kappa shape index (κ2) is 4.43. The summed E-state index contributed by atoms with van der Waals surface area (Å²) in [7, 11) is 0. The minimum absolute atomic E-state index is 0.122. The zero-order valence-electron chi connectivity index (χ0n) is 10.5. The number of nitrogens with zero attached hydrogens (tertiary/aromatic N) is 1. The Bertz CT molecular complexity index is 781. The number of thiazole rings is 1. The normalized spacial score (nSPS) is 15.7. The third-order valence-electron chi connectivity index (χ3n) is 3.05. The lowest BCUT2D eigenvalue weighted by Crippen LogP contribution is -1.89. The van der Waals surface area contributed by atoms with Crippen molar-refractivity contribution in [3.05, 3.63) is 38.2 Å². The summed E-state index contributed by atoms with van der Waals surface area (Å²) in [5, 5.41) is 9.78. The molecule has 19 heavy (non-hydrogen) atoms. The van der Waals surface area contributed by atoms with Gasteiger partial charge >= 0.3 is 0 Å². The Morgan fingerprint density at radius 2 is 2.16 bits per heavy atom. The number of aliphatic imine (C=N–C) groups is 1. The molecule has 1 aromatic carbocycles. The van der Waals surface area contributed by atoms with E-state index in [1.54, 1.807) is 0 Å². The van der Waals surface area contributed by atoms with E-state index in [2.05, 4.69) is 29.0 Å². The zero-order valence-corrected chi connectivity index (χ0v) is 12.2. The number of aromatic amines is 1. The molecule has 3 rings (SSSR count). The minimum Gasteiger partial charge on any atom is -0.494 e. The van der Waals surface area contributed by atoms with E-state index in [4.69, 9.17) is 12.2 Å². The number of hydrogen-bond donors (Lipinski definition) is 2. The minimum atomic E-state index is 0.122. The van der Waals surface area contributed by atoms with Crippen molar-refractivity contribution in [2.24, 2.45) is 4.99 Å². The third-order valence-corrected chi connectivity index (χ3v) is 4.22. The Labute approximate surface area is 120 Å². The molecule has 96 valence electrons. The van der Waals surface area contributed by atoms with E-state index in [1.165, 1.54) is 16.9 Å². The SMILES string of the molecule is CC1=Nc2ccc(C)cc2C1=Cc1sc(=S)[nH]c1O. The molecule has 2 aromatic rings. The van der Waals surface area contributed by atoms with Crippen molar-refractivity contribution in [3.8, 4) is 5.88 Å². The summed E-state index contributed by atoms with van der Waals surface area (Å²) < 4.78 is 0.571. The van der Waals surface area contributed by atoms with Crippen LogP contribution < -0.4 is 0 Å². The van der Waals surface area contributed by atoms with Crippen LogP contribution in [0.3, 0.4) is 0 Å². The molecule has 0 radical (unpaired) electrons. The summed E-state index contributed by atoms with van der Waals surface area (Å²) in [4.78, 5) is 8.02. The number of nitrogens with one attached hydrogen (secondary N) is 1. The van der Waals surface area contributed by atoms with Gasteiger partial charge < -0.3 is 10.1 Å². The van der Waals surface area contributed by atoms with Crippen molar-refractivity contribution in [1.82, 2.24) is 4.98 Å². The summed E-state index contributed by atoms with van der Waals surface area (Å²) in [6.07, 6.45) is 1.94. The van der Waals surface area contributed by atoms with Crippen LogP contribution in [0.4, 0.5) is 5.69 Å². The van der Waals surface area contributed by atoms with Gasteiger partial charge in [-0.3, -0.25) is 4.99 Å². The number of allylic oxidation sites excluding steroid dienone is 1. The fourth-order valence-corrected chi connectivity index (χ4v) is 3.18. The highest BCUT2D eigenvalue weighted by Gasteiger charge is 2.18. The Morgan fingerprint density at radius 1 is 1.37 bits per heavy atom. The van der Waals surface area contributed by atoms with Crippen LogP contribution in [0.1, 0.15) is 22.9 Å². The van der Waals surface area contributed by atoms with E-state index in [1.807, 2.05) is 19.1 Å². The second-order valence-electron chi connectivity index (χ2n) is 4.50. The molecule has 0 aliphatic carbocycles. The Hall–Kier alpha value is -1.72. The fraction of sp³-hybridized carbons (Fsp3) is 0.143. The van der Waals surface area contributed by atoms with Gasteiger partial charge in [0.1, 0.15) is 0 Å². The van der Waals surface area contributed by atoms with Gasteiger partial charge in [-0.2, -0.15) is 0 Å². The Balaban J connectivity index is 2.17. The predicted octanol–water partition coefficient (Wildman–Crippen LogP) is 4.47. The van der Waals surface area contributed by atoms with Gasteiger partial charge in [0.25, 0.3) is 0 Å². The Kier molecular flexibility index (Phi) is 2.88. The lowest BCUT2D eigenvalue weighted by atomic mass is 10.0. The molecule has 2 heterocycles. The molecule has 0 amide bonds. The van der Waals surface area contributed by atoms with Gasteiger partial charge in [-0.1, -0.05) is 11.6 Å². The van der Waals surface area contributed by atoms with Crippen molar-refractivity contribution < 1.29 is 5.11 Å². The number of aryl methyl sites for hydroxylation is 1. The van der Waals surface area contributed by atoms with Crippen molar-refractivity contribution in [2.75, 3.05) is 0 Å². The van der Waals surface area contributed by atoms with Crippen LogP contribution in [0.15, 0.2) is 23.2 Å². The first-order chi connectivity index (χ1) is 9.04. The molecule has 1 aliphatic rings. The van der Waals surface area contributed by atoms with E-state index >= 15 is 0 Å². The van der Waals surface area contributed by atoms with E-state index < -0.39 is 0 Å². The molecule has 0 unspecified atom stereocenters. The summed E-state index contributed by atoms with van der Waals surface area (Å²) in [5.74, 6) is 0.122. The first-order valence-corrected chi connectivity index (χ1v) is 7.07. The van der Waals surface area contributed by atoms with Crippen LogP contribution in [0.2, 0.25) is 0 Å². The zero-order chi connectivity index (χ0) is 13.6. The summed E-state index contributed by atoms with van der Waals surface area (Å²) in [5.41, 5.74) is 5.28. The van der Waals surface area contributed by atoms with E-state index in [9.17, 15) is 5.11 Å². The highest BCUT2D eigenvalue weighted by Crippen LogP contribution is 2.38. The number of H-pyrrole nitrogens is 1. The molecule has 0 atom stereocenters. The largest absolute Gasteiger partial charge is 0.494 e. The molecular weight excluding hydrogens is 276 g/mol. The third kappa shape index (κ3) is 2.15. The van der Waals surface area contributed by atoms with E-state index in [0.717, 1.165) is 27.4 Å². The second-order valence-corrected chi connectivity index (χ2v) is 6.22. The van der Waals surface area contributed by atoms with Gasteiger partial charge in [0, 0.05) is 16.8 Å². The van der Waals surface area contributed by atoms with Gasteiger partial charge in [-0.25, -0.2) is 0 Å². The molecule has 3 nitrogen and oxygen atoms in total. The van der Waals surface area contributed by atoms with Crippen LogP contribution >= 0.6 is 23.6 Å². The average Bonchev–Trinajstić information content (AvgIpc) is 2.81. The number of aromatic hydroxyl groups is 1. The summed E-state index contributed by atoms with van der Waals surface area (Å²) >= 11 is 6.39. The molecule has 0 spiro atoms. The molecular formula is C14H12N2OS2. The van der Waals surface area contributed by atoms with Crippen molar-refractivity contribution in [3.63, 3.8) is 0 Å². The lowest BCUT2D eigenvalue weighted by molar-refractivity contribution is 0.456. The van der Waals surface area contributed by atoms with Crippen LogP contribution in [0.25, 0.3) is 11.6 Å². The number of fused-ring (bicyclic) bond motifs is 1. The maximum atomic E-state index is 9.78. The first-order valence-electron chi connectivity index (χ1n) is 5.85. The highest BCUT2D eigenvalue weighted by molar-refractivity contribution is 7.73. The maximum Gasteiger partial charge on any atom is 0.207 e. The molecule has 0 saturated heterocycles. The van der Waals surface area contributed by atoms with Crippen LogP contribution in [0, 0.1) is 10.9 Å². The standard InChI is InChI=1S/C14H12N2OS2/c1-7-3-4-11-10(5-7)9(8(2)15-11)6-12-13(17)16-14(18)19-12/h3-6,17H,1-2H3,(H,16,18). The lowest BCUT2D eigenvalue weighted by Gasteiger charge is -2.02. The van der Waals surface area contributed by atoms with Crippen molar-refractivity contribution >= 4 is 46.6 Å². The van der Waals surface area contributed by atoms with Gasteiger partial charge in [0.2, 0.25) is 5.88 Å². The number of aromatic nitrogens is 1. The predicted molar refractivity (Wildman–Crippen MR) is 83.0 cm³/mol. The molecule has 0 fully saturated rings. The number of rotatable bonds is 1. The quantitative estimate of drug-likeness (QED) is 0.761. The fourth-order valence-electron chi connectivity index (χ4n) is 2.14. The van der Waals surface area contributed by atoms with Crippen LogP contribution in [-0.2, 0) is 0 Å². The van der Waals surface area contributed by atoms with Crippen LogP contribution in [0.5, 0.6) is 5.88 Å². The van der Waals surface area contributed by atoms with Gasteiger partial charge in [-0.15, -0.1) is 11.3 Å². The monoisotopic (exact) mass is 288 g/mol. The van der Waals surface area contributed by atoms with Crippen molar-refractivity contribution in [1.29, 1.82) is 0 Å². The number of hydrogen-bond acceptors (Lipinski definition) is 4. The highest BCUT2D eigenvalue weighted by atomic mass is 32.1. The average molecular weight is 288 g/mol. The summed E-state index contributed by atoms with van der Waals surface area (Å²) in [6, 6.07) is 6.19. The Morgan fingerprint density at radius 3 is 2.84 bits per heavy atom. The molecule has 1 aromatic heterocycles. The van der Waals surface area contributed by atoms with Crippen molar-refractivity contribution in [2.45, 2.75) is 13.8 Å². The number of benzene rings is 1. The smallest absolute Gasteiger partial charge is 0.207 e. The summed E-state index contributed by atoms with van der Waals surface area (Å²) in [6.45, 7) is 4.04. The molecule has 1 aliphatic heterocycles. The van der Waals surface area contributed by atoms with E-state index in [0.29, 0.717) is 3.95 Å². The van der Waals surface area contributed by atoms with Gasteiger partial charge in [0.05, 0.1) is 10.6 Å². The molecule has 5 heteroatoms. The topological polar surface area (TPSA) is 48.4 Å². The molecule has 2 N–H and O–H groups in total. The van der Waals surface area contributed by atoms with E-state index in [-0.39, 0.29) is 5.88 Å².